The monoisotopic (exact) mass is 269 g/mol. The maximum atomic E-state index is 12.1. The van der Waals surface area contributed by atoms with E-state index in [1.807, 2.05) is 49.4 Å². The summed E-state index contributed by atoms with van der Waals surface area (Å²) in [6, 6.07) is 16.9. The van der Waals surface area contributed by atoms with E-state index in [9.17, 15) is 9.90 Å². The summed E-state index contributed by atoms with van der Waals surface area (Å²) in [7, 11) is 0. The van der Waals surface area contributed by atoms with E-state index in [-0.39, 0.29) is 18.6 Å². The zero-order valence-corrected chi connectivity index (χ0v) is 11.5. The topological polar surface area (TPSA) is 49.3 Å². The van der Waals surface area contributed by atoms with Crippen LogP contribution in [0.3, 0.4) is 0 Å². The van der Waals surface area contributed by atoms with Crippen LogP contribution < -0.4 is 5.32 Å². The van der Waals surface area contributed by atoms with Crippen molar-refractivity contribution in [1.82, 2.24) is 5.32 Å². The number of benzene rings is 2. The highest BCUT2D eigenvalue weighted by Crippen LogP contribution is 2.06. The molecule has 0 aromatic heterocycles. The van der Waals surface area contributed by atoms with E-state index in [1.54, 1.807) is 12.1 Å². The number of hydrogen-bond donors (Lipinski definition) is 2. The number of aliphatic hydroxyl groups is 1. The molecule has 0 spiro atoms. The fourth-order valence-corrected chi connectivity index (χ4v) is 2.03. The summed E-state index contributed by atoms with van der Waals surface area (Å²) >= 11 is 0. The SMILES string of the molecule is Cc1ccc(C(=O)NC(CO)Cc2ccccc2)cc1. The highest BCUT2D eigenvalue weighted by molar-refractivity contribution is 5.94. The minimum absolute atomic E-state index is 0.0769. The second-order valence-electron chi connectivity index (χ2n) is 4.91. The molecule has 1 unspecified atom stereocenters. The molecule has 2 N–H and O–H groups in total. The third-order valence-electron chi connectivity index (χ3n) is 3.19. The Morgan fingerprint density at radius 3 is 2.35 bits per heavy atom. The van der Waals surface area contributed by atoms with E-state index >= 15 is 0 Å². The van der Waals surface area contributed by atoms with Crippen LogP contribution in [-0.4, -0.2) is 23.7 Å². The lowest BCUT2D eigenvalue weighted by atomic mass is 10.1. The normalized spacial score (nSPS) is 11.9. The molecule has 0 saturated carbocycles. The van der Waals surface area contributed by atoms with E-state index < -0.39 is 0 Å². The number of hydrogen-bond acceptors (Lipinski definition) is 2. The van der Waals surface area contributed by atoms with E-state index in [4.69, 9.17) is 0 Å². The lowest BCUT2D eigenvalue weighted by Gasteiger charge is -2.16. The number of carbonyl (C=O) groups is 1. The van der Waals surface area contributed by atoms with Crippen LogP contribution in [0, 0.1) is 6.92 Å². The van der Waals surface area contributed by atoms with Crippen molar-refractivity contribution >= 4 is 5.91 Å². The van der Waals surface area contributed by atoms with Gasteiger partial charge in [0.2, 0.25) is 0 Å². The Labute approximate surface area is 119 Å². The molecule has 1 atom stereocenters. The average Bonchev–Trinajstić information content (AvgIpc) is 2.48. The highest BCUT2D eigenvalue weighted by atomic mass is 16.3. The quantitative estimate of drug-likeness (QED) is 0.875. The van der Waals surface area contributed by atoms with Gasteiger partial charge in [-0.05, 0) is 31.0 Å². The van der Waals surface area contributed by atoms with Gasteiger partial charge in [-0.25, -0.2) is 0 Å². The smallest absolute Gasteiger partial charge is 0.251 e. The van der Waals surface area contributed by atoms with Crippen LogP contribution in [0.5, 0.6) is 0 Å². The summed E-state index contributed by atoms with van der Waals surface area (Å²) < 4.78 is 0. The molecular weight excluding hydrogens is 250 g/mol. The molecular formula is C17H19NO2. The zero-order valence-electron chi connectivity index (χ0n) is 11.5. The van der Waals surface area contributed by atoms with E-state index in [2.05, 4.69) is 5.32 Å². The number of nitrogens with one attached hydrogen (secondary N) is 1. The van der Waals surface area contributed by atoms with E-state index in [1.165, 1.54) is 0 Å². The molecule has 0 fully saturated rings. The summed E-state index contributed by atoms with van der Waals surface area (Å²) in [6.45, 7) is 1.90. The molecule has 20 heavy (non-hydrogen) atoms. The van der Waals surface area contributed by atoms with Crippen molar-refractivity contribution in [3.05, 3.63) is 71.3 Å². The van der Waals surface area contributed by atoms with Crippen LogP contribution in [-0.2, 0) is 6.42 Å². The van der Waals surface area contributed by atoms with Crippen LogP contribution in [0.4, 0.5) is 0 Å². The minimum Gasteiger partial charge on any atom is -0.394 e. The van der Waals surface area contributed by atoms with Gasteiger partial charge in [0.1, 0.15) is 0 Å². The maximum Gasteiger partial charge on any atom is 0.251 e. The third-order valence-corrected chi connectivity index (χ3v) is 3.19. The third kappa shape index (κ3) is 3.93. The molecule has 0 saturated heterocycles. The molecule has 3 nitrogen and oxygen atoms in total. The number of aliphatic hydroxyl groups excluding tert-OH is 1. The van der Waals surface area contributed by atoms with Gasteiger partial charge in [-0.1, -0.05) is 48.0 Å². The maximum absolute atomic E-state index is 12.1. The van der Waals surface area contributed by atoms with Crippen molar-refractivity contribution in [1.29, 1.82) is 0 Å². The van der Waals surface area contributed by atoms with Crippen molar-refractivity contribution in [3.8, 4) is 0 Å². The minimum atomic E-state index is -0.272. The second kappa shape index (κ2) is 6.87. The number of amides is 1. The predicted molar refractivity (Wildman–Crippen MR) is 79.7 cm³/mol. The molecule has 0 aliphatic heterocycles. The number of carbonyl (C=O) groups excluding carboxylic acids is 1. The van der Waals surface area contributed by atoms with Crippen LogP contribution in [0.2, 0.25) is 0 Å². The van der Waals surface area contributed by atoms with Gasteiger partial charge in [-0.15, -0.1) is 0 Å². The summed E-state index contributed by atoms with van der Waals surface area (Å²) in [6.07, 6.45) is 0.620. The van der Waals surface area contributed by atoms with Crippen LogP contribution in [0.25, 0.3) is 0 Å². The first-order valence-electron chi connectivity index (χ1n) is 6.71. The molecule has 2 aromatic carbocycles. The van der Waals surface area contributed by atoms with E-state index in [0.717, 1.165) is 11.1 Å². The van der Waals surface area contributed by atoms with Gasteiger partial charge in [0.25, 0.3) is 5.91 Å². The van der Waals surface area contributed by atoms with Crippen molar-refractivity contribution in [2.45, 2.75) is 19.4 Å². The molecule has 3 heteroatoms. The van der Waals surface area contributed by atoms with Gasteiger partial charge in [-0.3, -0.25) is 4.79 Å². The Bertz CT molecular complexity index is 549. The first-order valence-corrected chi connectivity index (χ1v) is 6.71. The summed E-state index contributed by atoms with van der Waals surface area (Å²) in [5.74, 6) is -0.153. The van der Waals surface area contributed by atoms with Gasteiger partial charge in [0.05, 0.1) is 12.6 Å². The molecule has 0 aliphatic carbocycles. The van der Waals surface area contributed by atoms with Crippen molar-refractivity contribution in [2.24, 2.45) is 0 Å². The predicted octanol–water partition coefficient (Wildman–Crippen LogP) is 2.33. The molecule has 0 heterocycles. The molecule has 104 valence electrons. The second-order valence-corrected chi connectivity index (χ2v) is 4.91. The summed E-state index contributed by atoms with van der Waals surface area (Å²) in [5, 5.41) is 12.3. The average molecular weight is 269 g/mol. The van der Waals surface area contributed by atoms with Gasteiger partial charge in [0.15, 0.2) is 0 Å². The Morgan fingerprint density at radius 1 is 1.10 bits per heavy atom. The van der Waals surface area contributed by atoms with Gasteiger partial charge < -0.3 is 10.4 Å². The van der Waals surface area contributed by atoms with Gasteiger partial charge in [-0.2, -0.15) is 0 Å². The first kappa shape index (κ1) is 14.3. The largest absolute Gasteiger partial charge is 0.394 e. The molecule has 0 radical (unpaired) electrons. The van der Waals surface area contributed by atoms with Gasteiger partial charge in [0, 0.05) is 5.56 Å². The van der Waals surface area contributed by atoms with Crippen molar-refractivity contribution < 1.29 is 9.90 Å². The molecule has 0 bridgehead atoms. The number of aryl methyl sites for hydroxylation is 1. The zero-order chi connectivity index (χ0) is 14.4. The van der Waals surface area contributed by atoms with Crippen LogP contribution in [0.1, 0.15) is 21.5 Å². The first-order chi connectivity index (χ1) is 9.69. The molecule has 2 aromatic rings. The Morgan fingerprint density at radius 2 is 1.75 bits per heavy atom. The lowest BCUT2D eigenvalue weighted by Crippen LogP contribution is -2.39. The highest BCUT2D eigenvalue weighted by Gasteiger charge is 2.13. The van der Waals surface area contributed by atoms with Gasteiger partial charge >= 0.3 is 0 Å². The summed E-state index contributed by atoms with van der Waals surface area (Å²) in [5.41, 5.74) is 2.82. The standard InChI is InChI=1S/C17H19NO2/c1-13-7-9-15(10-8-13)17(20)18-16(12-19)11-14-5-3-2-4-6-14/h2-10,16,19H,11-12H2,1H3,(H,18,20). The fourth-order valence-electron chi connectivity index (χ4n) is 2.03. The van der Waals surface area contributed by atoms with Crippen LogP contribution in [0.15, 0.2) is 54.6 Å². The fraction of sp³-hybridized carbons (Fsp3) is 0.235. The molecule has 2 rings (SSSR count). The molecule has 1 amide bonds. The van der Waals surface area contributed by atoms with E-state index in [0.29, 0.717) is 12.0 Å². The Kier molecular flexibility index (Phi) is 4.91. The lowest BCUT2D eigenvalue weighted by molar-refractivity contribution is 0.0916. The summed E-state index contributed by atoms with van der Waals surface area (Å²) in [4.78, 5) is 12.1. The Hall–Kier alpha value is -2.13. The van der Waals surface area contributed by atoms with Crippen molar-refractivity contribution in [3.63, 3.8) is 0 Å². The van der Waals surface area contributed by atoms with Crippen LogP contribution >= 0.6 is 0 Å². The Balaban J connectivity index is 1.99. The number of rotatable bonds is 5. The van der Waals surface area contributed by atoms with Crippen molar-refractivity contribution in [2.75, 3.05) is 6.61 Å². The molecule has 0 aliphatic rings.